The molecule has 0 aromatic carbocycles. The SMILES string of the molecule is CCCCC1CCC(CN)(CCCS(C)(=O)=O)CC1. The Labute approximate surface area is 119 Å². The van der Waals surface area contributed by atoms with E-state index in [4.69, 9.17) is 5.73 Å². The van der Waals surface area contributed by atoms with E-state index in [0.29, 0.717) is 5.75 Å². The van der Waals surface area contributed by atoms with Crippen molar-refractivity contribution in [2.75, 3.05) is 18.6 Å². The van der Waals surface area contributed by atoms with Crippen LogP contribution in [-0.2, 0) is 9.84 Å². The van der Waals surface area contributed by atoms with E-state index in [-0.39, 0.29) is 5.41 Å². The standard InChI is InChI=1S/C15H31NO2S/c1-3-4-6-14-7-10-15(13-16,11-8-14)9-5-12-19(2,17)18/h14H,3-13,16H2,1-2H3. The quantitative estimate of drug-likeness (QED) is 0.746. The first-order valence-corrected chi connectivity index (χ1v) is 9.85. The minimum Gasteiger partial charge on any atom is -0.330 e. The van der Waals surface area contributed by atoms with Gasteiger partial charge >= 0.3 is 0 Å². The third-order valence-corrected chi connectivity index (χ3v) is 5.82. The van der Waals surface area contributed by atoms with E-state index in [0.717, 1.165) is 25.3 Å². The van der Waals surface area contributed by atoms with Crippen LogP contribution in [0.2, 0.25) is 0 Å². The normalized spacial score (nSPS) is 28.5. The van der Waals surface area contributed by atoms with Gasteiger partial charge in [-0.15, -0.1) is 0 Å². The molecule has 19 heavy (non-hydrogen) atoms. The molecule has 1 saturated carbocycles. The van der Waals surface area contributed by atoms with Crippen LogP contribution in [0, 0.1) is 11.3 Å². The third kappa shape index (κ3) is 6.26. The second-order valence-corrected chi connectivity index (χ2v) is 8.78. The van der Waals surface area contributed by atoms with Crippen LogP contribution in [0.4, 0.5) is 0 Å². The Kier molecular flexibility index (Phi) is 6.81. The second-order valence-electron chi connectivity index (χ2n) is 6.52. The van der Waals surface area contributed by atoms with E-state index in [2.05, 4.69) is 6.92 Å². The lowest BCUT2D eigenvalue weighted by atomic mass is 9.67. The highest BCUT2D eigenvalue weighted by molar-refractivity contribution is 7.90. The van der Waals surface area contributed by atoms with Crippen LogP contribution < -0.4 is 5.73 Å². The molecule has 1 fully saturated rings. The molecule has 0 spiro atoms. The Hall–Kier alpha value is -0.0900. The van der Waals surface area contributed by atoms with Crippen molar-refractivity contribution in [2.45, 2.75) is 64.7 Å². The van der Waals surface area contributed by atoms with Crippen LogP contribution in [-0.4, -0.2) is 27.0 Å². The largest absolute Gasteiger partial charge is 0.330 e. The summed E-state index contributed by atoms with van der Waals surface area (Å²) in [5, 5.41) is 0. The van der Waals surface area contributed by atoms with Gasteiger partial charge in [-0.05, 0) is 56.4 Å². The van der Waals surface area contributed by atoms with Crippen molar-refractivity contribution in [3.63, 3.8) is 0 Å². The monoisotopic (exact) mass is 289 g/mol. The minimum absolute atomic E-state index is 0.230. The Morgan fingerprint density at radius 1 is 1.21 bits per heavy atom. The molecule has 4 heteroatoms. The summed E-state index contributed by atoms with van der Waals surface area (Å²) in [5.74, 6) is 1.20. The third-order valence-electron chi connectivity index (χ3n) is 4.79. The van der Waals surface area contributed by atoms with Gasteiger partial charge < -0.3 is 5.73 Å². The average molecular weight is 289 g/mol. The molecular weight excluding hydrogens is 258 g/mol. The number of hydrogen-bond acceptors (Lipinski definition) is 3. The molecule has 0 radical (unpaired) electrons. The predicted molar refractivity (Wildman–Crippen MR) is 81.9 cm³/mol. The summed E-state index contributed by atoms with van der Waals surface area (Å²) in [6.07, 6.45) is 12.0. The van der Waals surface area contributed by atoms with Gasteiger partial charge in [-0.25, -0.2) is 8.42 Å². The van der Waals surface area contributed by atoms with Gasteiger partial charge in [0, 0.05) is 12.0 Å². The van der Waals surface area contributed by atoms with Gasteiger partial charge in [0.15, 0.2) is 0 Å². The van der Waals surface area contributed by atoms with Crippen LogP contribution in [0.25, 0.3) is 0 Å². The Balaban J connectivity index is 2.37. The highest BCUT2D eigenvalue weighted by Crippen LogP contribution is 2.43. The van der Waals surface area contributed by atoms with Crippen LogP contribution >= 0.6 is 0 Å². The fraction of sp³-hybridized carbons (Fsp3) is 1.00. The molecule has 0 aliphatic heterocycles. The maximum absolute atomic E-state index is 11.2. The van der Waals surface area contributed by atoms with E-state index < -0.39 is 9.84 Å². The van der Waals surface area contributed by atoms with Gasteiger partial charge in [-0.1, -0.05) is 26.2 Å². The maximum atomic E-state index is 11.2. The molecule has 0 unspecified atom stereocenters. The van der Waals surface area contributed by atoms with Crippen LogP contribution in [0.3, 0.4) is 0 Å². The van der Waals surface area contributed by atoms with Crippen molar-refractivity contribution in [3.8, 4) is 0 Å². The van der Waals surface area contributed by atoms with E-state index in [9.17, 15) is 8.42 Å². The highest BCUT2D eigenvalue weighted by Gasteiger charge is 2.33. The van der Waals surface area contributed by atoms with Crippen molar-refractivity contribution in [2.24, 2.45) is 17.1 Å². The summed E-state index contributed by atoms with van der Waals surface area (Å²) in [6, 6.07) is 0. The summed E-state index contributed by atoms with van der Waals surface area (Å²) < 4.78 is 22.4. The molecule has 0 aromatic heterocycles. The van der Waals surface area contributed by atoms with Crippen molar-refractivity contribution in [3.05, 3.63) is 0 Å². The second kappa shape index (κ2) is 7.63. The Morgan fingerprint density at radius 2 is 1.84 bits per heavy atom. The smallest absolute Gasteiger partial charge is 0.147 e. The van der Waals surface area contributed by atoms with Gasteiger partial charge in [-0.2, -0.15) is 0 Å². The zero-order valence-corrected chi connectivity index (χ0v) is 13.5. The summed E-state index contributed by atoms with van der Waals surface area (Å²) in [6.45, 7) is 2.97. The number of rotatable bonds is 8. The molecule has 0 aromatic rings. The number of unbranched alkanes of at least 4 members (excludes halogenated alkanes) is 1. The topological polar surface area (TPSA) is 60.2 Å². The molecule has 1 aliphatic rings. The molecule has 2 N–H and O–H groups in total. The Bertz CT molecular complexity index is 343. The number of sulfone groups is 1. The van der Waals surface area contributed by atoms with E-state index in [1.807, 2.05) is 0 Å². The van der Waals surface area contributed by atoms with Gasteiger partial charge in [0.05, 0.1) is 0 Å². The van der Waals surface area contributed by atoms with Gasteiger partial charge in [0.25, 0.3) is 0 Å². The molecular formula is C15H31NO2S. The lowest BCUT2D eigenvalue weighted by Gasteiger charge is -2.39. The number of hydrogen-bond donors (Lipinski definition) is 1. The minimum atomic E-state index is -2.82. The van der Waals surface area contributed by atoms with Crippen molar-refractivity contribution in [1.82, 2.24) is 0 Å². The van der Waals surface area contributed by atoms with Crippen LogP contribution in [0.5, 0.6) is 0 Å². The fourth-order valence-electron chi connectivity index (χ4n) is 3.34. The first-order valence-electron chi connectivity index (χ1n) is 7.78. The highest BCUT2D eigenvalue weighted by atomic mass is 32.2. The van der Waals surface area contributed by atoms with Gasteiger partial charge in [-0.3, -0.25) is 0 Å². The molecule has 3 nitrogen and oxygen atoms in total. The molecule has 114 valence electrons. The molecule has 0 atom stereocenters. The summed E-state index contributed by atoms with van der Waals surface area (Å²) in [5.41, 5.74) is 6.21. The van der Waals surface area contributed by atoms with Crippen molar-refractivity contribution < 1.29 is 8.42 Å². The molecule has 1 aliphatic carbocycles. The zero-order chi connectivity index (χ0) is 14.4. The van der Waals surface area contributed by atoms with Crippen LogP contribution in [0.15, 0.2) is 0 Å². The molecule has 0 saturated heterocycles. The lowest BCUT2D eigenvalue weighted by Crippen LogP contribution is -2.35. The van der Waals surface area contributed by atoms with E-state index in [1.54, 1.807) is 0 Å². The fourth-order valence-corrected chi connectivity index (χ4v) is 4.01. The zero-order valence-electron chi connectivity index (χ0n) is 12.7. The molecule has 1 rings (SSSR count). The van der Waals surface area contributed by atoms with E-state index in [1.165, 1.54) is 51.2 Å². The molecule has 0 bridgehead atoms. The van der Waals surface area contributed by atoms with Crippen molar-refractivity contribution in [1.29, 1.82) is 0 Å². The molecule has 0 amide bonds. The lowest BCUT2D eigenvalue weighted by molar-refractivity contribution is 0.138. The van der Waals surface area contributed by atoms with Crippen LogP contribution in [0.1, 0.15) is 64.7 Å². The number of nitrogens with two attached hydrogens (primary N) is 1. The first-order chi connectivity index (χ1) is 8.91. The molecule has 0 heterocycles. The summed E-state index contributed by atoms with van der Waals surface area (Å²) in [7, 11) is -2.82. The Morgan fingerprint density at radius 3 is 2.32 bits per heavy atom. The van der Waals surface area contributed by atoms with Crippen molar-refractivity contribution >= 4 is 9.84 Å². The van der Waals surface area contributed by atoms with Gasteiger partial charge in [0.2, 0.25) is 0 Å². The summed E-state index contributed by atoms with van der Waals surface area (Å²) in [4.78, 5) is 0. The first kappa shape index (κ1) is 17.0. The average Bonchev–Trinajstić information content (AvgIpc) is 2.36. The summed E-state index contributed by atoms with van der Waals surface area (Å²) >= 11 is 0. The van der Waals surface area contributed by atoms with E-state index >= 15 is 0 Å². The predicted octanol–water partition coefficient (Wildman–Crippen LogP) is 3.14. The van der Waals surface area contributed by atoms with Gasteiger partial charge in [0.1, 0.15) is 9.84 Å². The maximum Gasteiger partial charge on any atom is 0.147 e.